The zero-order chi connectivity index (χ0) is 17.4. The predicted molar refractivity (Wildman–Crippen MR) is 99.2 cm³/mol. The van der Waals surface area contributed by atoms with Crippen molar-refractivity contribution >= 4 is 39.8 Å². The number of nitrogens with two attached hydrogens (primary N) is 1. The molecule has 4 aromatic rings. The van der Waals surface area contributed by atoms with Gasteiger partial charge in [0, 0.05) is 35.4 Å². The van der Waals surface area contributed by atoms with Crippen LogP contribution < -0.4 is 11.1 Å². The molecule has 0 radical (unpaired) electrons. The monoisotopic (exact) mass is 353 g/mol. The van der Waals surface area contributed by atoms with E-state index in [2.05, 4.69) is 30.5 Å². The maximum atomic E-state index is 6.30. The molecule has 0 bridgehead atoms. The summed E-state index contributed by atoms with van der Waals surface area (Å²) in [6, 6.07) is 5.80. The van der Waals surface area contributed by atoms with Crippen molar-refractivity contribution in [1.29, 1.82) is 0 Å². The van der Waals surface area contributed by atoms with Crippen LogP contribution in [0, 0.1) is 6.92 Å². The molecule has 7 nitrogen and oxygen atoms in total. The Balaban J connectivity index is 1.65. The second-order valence-corrected chi connectivity index (χ2v) is 6.20. The molecule has 0 aliphatic rings. The standard InChI is InChI=1S/C17H16ClN7/c1-9-16(8-22-25-9)24-17-21-7-13(18)15(23-17)4-10-6-20-14-5-11(19)2-3-12(10)14/h2-3,5-8,20H,4,19H2,1H3,(H,22,25)(H,21,23,24). The van der Waals surface area contributed by atoms with Gasteiger partial charge in [0.05, 0.1) is 28.3 Å². The summed E-state index contributed by atoms with van der Waals surface area (Å²) in [4.78, 5) is 12.0. The molecule has 8 heteroatoms. The highest BCUT2D eigenvalue weighted by molar-refractivity contribution is 6.31. The Hall–Kier alpha value is -3.06. The minimum atomic E-state index is 0.480. The summed E-state index contributed by atoms with van der Waals surface area (Å²) in [5.41, 5.74) is 11.1. The average molecular weight is 354 g/mol. The molecule has 0 aliphatic carbocycles. The Labute approximate surface area is 148 Å². The number of aryl methyl sites for hydroxylation is 1. The van der Waals surface area contributed by atoms with Crippen molar-refractivity contribution in [3.05, 3.63) is 58.8 Å². The van der Waals surface area contributed by atoms with Gasteiger partial charge in [0.2, 0.25) is 5.95 Å². The van der Waals surface area contributed by atoms with E-state index in [9.17, 15) is 0 Å². The minimum Gasteiger partial charge on any atom is -0.399 e. The fraction of sp³-hybridized carbons (Fsp3) is 0.118. The van der Waals surface area contributed by atoms with E-state index in [4.69, 9.17) is 17.3 Å². The van der Waals surface area contributed by atoms with Crippen molar-refractivity contribution in [2.75, 3.05) is 11.1 Å². The molecular weight excluding hydrogens is 338 g/mol. The number of aromatic nitrogens is 5. The third kappa shape index (κ3) is 3.01. The highest BCUT2D eigenvalue weighted by atomic mass is 35.5. The van der Waals surface area contributed by atoms with Crippen LogP contribution in [0.5, 0.6) is 0 Å². The van der Waals surface area contributed by atoms with Crippen LogP contribution in [0.3, 0.4) is 0 Å². The Morgan fingerprint density at radius 3 is 2.96 bits per heavy atom. The molecule has 0 amide bonds. The number of H-pyrrole nitrogens is 2. The summed E-state index contributed by atoms with van der Waals surface area (Å²) in [6.45, 7) is 1.90. The summed E-state index contributed by atoms with van der Waals surface area (Å²) in [5.74, 6) is 0.480. The van der Waals surface area contributed by atoms with Gasteiger partial charge in [-0.1, -0.05) is 17.7 Å². The maximum Gasteiger partial charge on any atom is 0.227 e. The highest BCUT2D eigenvalue weighted by Gasteiger charge is 2.11. The Kier molecular flexibility index (Phi) is 3.77. The van der Waals surface area contributed by atoms with Crippen LogP contribution in [0.2, 0.25) is 5.02 Å². The lowest BCUT2D eigenvalue weighted by Gasteiger charge is -2.07. The molecule has 3 aromatic heterocycles. The van der Waals surface area contributed by atoms with Gasteiger partial charge < -0.3 is 16.0 Å². The van der Waals surface area contributed by atoms with Gasteiger partial charge in [-0.2, -0.15) is 5.10 Å². The molecule has 3 heterocycles. The van der Waals surface area contributed by atoms with E-state index in [0.29, 0.717) is 17.4 Å². The van der Waals surface area contributed by atoms with Crippen molar-refractivity contribution in [1.82, 2.24) is 25.1 Å². The van der Waals surface area contributed by atoms with E-state index in [1.54, 1.807) is 12.4 Å². The fourth-order valence-electron chi connectivity index (χ4n) is 2.72. The third-order valence-electron chi connectivity index (χ3n) is 4.04. The highest BCUT2D eigenvalue weighted by Crippen LogP contribution is 2.26. The first-order chi connectivity index (χ1) is 12.1. The quantitative estimate of drug-likeness (QED) is 0.419. The lowest BCUT2D eigenvalue weighted by atomic mass is 10.1. The molecule has 25 heavy (non-hydrogen) atoms. The first-order valence-corrected chi connectivity index (χ1v) is 8.12. The Morgan fingerprint density at radius 1 is 1.28 bits per heavy atom. The van der Waals surface area contributed by atoms with Crippen molar-refractivity contribution in [3.8, 4) is 0 Å². The molecule has 4 rings (SSSR count). The van der Waals surface area contributed by atoms with Crippen molar-refractivity contribution in [2.45, 2.75) is 13.3 Å². The van der Waals surface area contributed by atoms with Crippen LogP contribution in [-0.2, 0) is 6.42 Å². The van der Waals surface area contributed by atoms with Crippen LogP contribution in [0.4, 0.5) is 17.3 Å². The summed E-state index contributed by atoms with van der Waals surface area (Å²) < 4.78 is 0. The van der Waals surface area contributed by atoms with E-state index in [1.807, 2.05) is 31.3 Å². The first kappa shape index (κ1) is 15.5. The van der Waals surface area contributed by atoms with Crippen molar-refractivity contribution < 1.29 is 0 Å². The van der Waals surface area contributed by atoms with Gasteiger partial charge in [-0.3, -0.25) is 5.10 Å². The number of aromatic amines is 2. The summed E-state index contributed by atoms with van der Waals surface area (Å²) in [5, 5.41) is 11.6. The molecule has 0 spiro atoms. The summed E-state index contributed by atoms with van der Waals surface area (Å²) >= 11 is 6.30. The number of halogens is 1. The second-order valence-electron chi connectivity index (χ2n) is 5.79. The van der Waals surface area contributed by atoms with Gasteiger partial charge in [-0.25, -0.2) is 9.97 Å². The Morgan fingerprint density at radius 2 is 2.16 bits per heavy atom. The number of nitrogens with zero attached hydrogens (tertiary/aromatic N) is 3. The van der Waals surface area contributed by atoms with E-state index in [1.165, 1.54) is 0 Å². The number of anilines is 3. The summed E-state index contributed by atoms with van der Waals surface area (Å²) in [6.07, 6.45) is 5.91. The van der Waals surface area contributed by atoms with Gasteiger partial charge in [0.15, 0.2) is 0 Å². The van der Waals surface area contributed by atoms with E-state index in [0.717, 1.165) is 39.2 Å². The van der Waals surface area contributed by atoms with Crippen LogP contribution >= 0.6 is 11.6 Å². The first-order valence-electron chi connectivity index (χ1n) is 7.74. The zero-order valence-electron chi connectivity index (χ0n) is 13.5. The maximum absolute atomic E-state index is 6.30. The fourth-order valence-corrected chi connectivity index (χ4v) is 2.88. The normalized spacial score (nSPS) is 11.1. The molecular formula is C17H16ClN7. The molecule has 0 saturated carbocycles. The van der Waals surface area contributed by atoms with Gasteiger partial charge in [0.1, 0.15) is 0 Å². The molecule has 1 aromatic carbocycles. The number of fused-ring (bicyclic) bond motifs is 1. The van der Waals surface area contributed by atoms with Gasteiger partial charge in [0.25, 0.3) is 0 Å². The lowest BCUT2D eigenvalue weighted by molar-refractivity contribution is 1.03. The van der Waals surface area contributed by atoms with E-state index in [-0.39, 0.29) is 0 Å². The van der Waals surface area contributed by atoms with Crippen molar-refractivity contribution in [2.24, 2.45) is 0 Å². The molecule has 5 N–H and O–H groups in total. The predicted octanol–water partition coefficient (Wildman–Crippen LogP) is 3.56. The number of benzene rings is 1. The SMILES string of the molecule is Cc1n[nH]cc1Nc1ncc(Cl)c(Cc2c[nH]c3cc(N)ccc23)n1. The van der Waals surface area contributed by atoms with E-state index < -0.39 is 0 Å². The number of nitrogen functional groups attached to an aromatic ring is 1. The van der Waals surface area contributed by atoms with E-state index >= 15 is 0 Å². The summed E-state index contributed by atoms with van der Waals surface area (Å²) in [7, 11) is 0. The molecule has 0 unspecified atom stereocenters. The number of rotatable bonds is 4. The minimum absolute atomic E-state index is 0.480. The van der Waals surface area contributed by atoms with Gasteiger partial charge in [-0.15, -0.1) is 0 Å². The number of hydrogen-bond donors (Lipinski definition) is 4. The molecule has 0 saturated heterocycles. The van der Waals surface area contributed by atoms with Crippen LogP contribution in [-0.4, -0.2) is 25.1 Å². The average Bonchev–Trinajstić information content (AvgIpc) is 3.17. The number of nitrogens with one attached hydrogen (secondary N) is 3. The Bertz CT molecular complexity index is 1050. The van der Waals surface area contributed by atoms with Crippen LogP contribution in [0.15, 0.2) is 36.8 Å². The van der Waals surface area contributed by atoms with Crippen LogP contribution in [0.1, 0.15) is 17.0 Å². The molecule has 0 aliphatic heterocycles. The molecule has 0 fully saturated rings. The lowest BCUT2D eigenvalue weighted by Crippen LogP contribution is -2.02. The molecule has 126 valence electrons. The smallest absolute Gasteiger partial charge is 0.227 e. The topological polar surface area (TPSA) is 108 Å². The molecule has 0 atom stereocenters. The van der Waals surface area contributed by atoms with Gasteiger partial charge >= 0.3 is 0 Å². The largest absolute Gasteiger partial charge is 0.399 e. The second kappa shape index (κ2) is 6.10. The zero-order valence-corrected chi connectivity index (χ0v) is 14.2. The number of hydrogen-bond acceptors (Lipinski definition) is 5. The third-order valence-corrected chi connectivity index (χ3v) is 4.36. The van der Waals surface area contributed by atoms with Crippen LogP contribution in [0.25, 0.3) is 10.9 Å². The van der Waals surface area contributed by atoms with Gasteiger partial charge in [-0.05, 0) is 24.6 Å². The van der Waals surface area contributed by atoms with Crippen molar-refractivity contribution in [3.63, 3.8) is 0 Å².